The Kier molecular flexibility index (Phi) is 3.85. The number of aryl methyl sites for hydroxylation is 3. The van der Waals surface area contributed by atoms with Crippen LogP contribution in [0.5, 0.6) is 0 Å². The Morgan fingerprint density at radius 3 is 2.65 bits per heavy atom. The Balaban J connectivity index is 2.24. The lowest BCUT2D eigenvalue weighted by atomic mass is 10.0. The normalized spacial score (nSPS) is 11.7. The van der Waals surface area contributed by atoms with Gasteiger partial charge < -0.3 is 5.32 Å². The Morgan fingerprint density at radius 1 is 1.40 bits per heavy atom. The molecule has 0 saturated heterocycles. The molecular formula is C15H16N4O. The smallest absolute Gasteiger partial charge is 0.256 e. The van der Waals surface area contributed by atoms with Crippen molar-refractivity contribution in [3.63, 3.8) is 0 Å². The van der Waals surface area contributed by atoms with E-state index in [-0.39, 0.29) is 5.91 Å². The maximum absolute atomic E-state index is 12.2. The van der Waals surface area contributed by atoms with E-state index in [0.717, 1.165) is 11.1 Å². The molecule has 0 aliphatic rings. The summed E-state index contributed by atoms with van der Waals surface area (Å²) in [5.41, 5.74) is 2.92. The maximum Gasteiger partial charge on any atom is 0.256 e. The highest BCUT2D eigenvalue weighted by molar-refractivity contribution is 5.95. The van der Waals surface area contributed by atoms with Crippen LogP contribution in [0.15, 0.2) is 30.5 Å². The minimum absolute atomic E-state index is 0.287. The molecule has 102 valence electrons. The van der Waals surface area contributed by atoms with Crippen LogP contribution in [0.4, 0.5) is 0 Å². The number of carbonyl (C=O) groups excluding carboxylic acids is 1. The van der Waals surface area contributed by atoms with Crippen molar-refractivity contribution in [3.05, 3.63) is 52.8 Å². The van der Waals surface area contributed by atoms with E-state index in [0.29, 0.717) is 11.3 Å². The zero-order valence-electron chi connectivity index (χ0n) is 11.7. The van der Waals surface area contributed by atoms with Gasteiger partial charge in [0.1, 0.15) is 6.04 Å². The molecule has 0 aliphatic heterocycles. The number of amides is 1. The van der Waals surface area contributed by atoms with Gasteiger partial charge in [0.05, 0.1) is 17.3 Å². The molecule has 0 aliphatic carbocycles. The average molecular weight is 268 g/mol. The van der Waals surface area contributed by atoms with E-state index < -0.39 is 6.04 Å². The number of hydrogen-bond acceptors (Lipinski definition) is 3. The third kappa shape index (κ3) is 2.69. The standard InChI is InChI=1S/C15H16N4O/c1-10-6-4-5-7-12(10)14(8-16)17-15(20)13-9-19(3)18-11(13)2/h4-7,9,14H,1-3H3,(H,17,20). The van der Waals surface area contributed by atoms with Crippen molar-refractivity contribution >= 4 is 5.91 Å². The predicted molar refractivity (Wildman–Crippen MR) is 74.9 cm³/mol. The first kappa shape index (κ1) is 13.8. The Labute approximate surface area is 117 Å². The number of aromatic nitrogens is 2. The van der Waals surface area contributed by atoms with Crippen molar-refractivity contribution in [3.8, 4) is 6.07 Å². The fourth-order valence-electron chi connectivity index (χ4n) is 2.12. The summed E-state index contributed by atoms with van der Waals surface area (Å²) >= 11 is 0. The van der Waals surface area contributed by atoms with Crippen LogP contribution in [-0.2, 0) is 7.05 Å². The number of carbonyl (C=O) groups is 1. The van der Waals surface area contributed by atoms with E-state index in [4.69, 9.17) is 0 Å². The first-order valence-electron chi connectivity index (χ1n) is 6.29. The summed E-state index contributed by atoms with van der Waals surface area (Å²) in [5, 5.41) is 16.2. The molecule has 1 aromatic heterocycles. The Bertz CT molecular complexity index is 681. The second-order valence-corrected chi connectivity index (χ2v) is 4.69. The van der Waals surface area contributed by atoms with E-state index in [1.807, 2.05) is 31.2 Å². The minimum atomic E-state index is -0.664. The van der Waals surface area contributed by atoms with Gasteiger partial charge in [0.2, 0.25) is 0 Å². The summed E-state index contributed by atoms with van der Waals surface area (Å²) < 4.78 is 1.58. The fraction of sp³-hybridized carbons (Fsp3) is 0.267. The lowest BCUT2D eigenvalue weighted by Crippen LogP contribution is -2.28. The minimum Gasteiger partial charge on any atom is -0.332 e. The molecular weight excluding hydrogens is 252 g/mol. The molecule has 1 N–H and O–H groups in total. The zero-order chi connectivity index (χ0) is 14.7. The van der Waals surface area contributed by atoms with Crippen LogP contribution in [0.25, 0.3) is 0 Å². The predicted octanol–water partition coefficient (Wildman–Crippen LogP) is 2.03. The van der Waals surface area contributed by atoms with Gasteiger partial charge in [-0.15, -0.1) is 0 Å². The summed E-state index contributed by atoms with van der Waals surface area (Å²) in [5.74, 6) is -0.287. The number of nitrogens with zero attached hydrogens (tertiary/aromatic N) is 3. The zero-order valence-corrected chi connectivity index (χ0v) is 11.7. The highest BCUT2D eigenvalue weighted by atomic mass is 16.1. The first-order chi connectivity index (χ1) is 9.52. The van der Waals surface area contributed by atoms with Gasteiger partial charge >= 0.3 is 0 Å². The molecule has 1 aromatic carbocycles. The van der Waals surface area contributed by atoms with E-state index in [1.165, 1.54) is 0 Å². The van der Waals surface area contributed by atoms with E-state index in [2.05, 4.69) is 16.5 Å². The van der Waals surface area contributed by atoms with Crippen LogP contribution in [-0.4, -0.2) is 15.7 Å². The Hall–Kier alpha value is -2.61. The van der Waals surface area contributed by atoms with Crippen LogP contribution in [0.1, 0.15) is 33.2 Å². The quantitative estimate of drug-likeness (QED) is 0.925. The second kappa shape index (κ2) is 5.57. The van der Waals surface area contributed by atoms with Gasteiger partial charge in [-0.1, -0.05) is 24.3 Å². The average Bonchev–Trinajstić information content (AvgIpc) is 2.76. The van der Waals surface area contributed by atoms with Crippen LogP contribution < -0.4 is 5.32 Å². The van der Waals surface area contributed by atoms with E-state index in [1.54, 1.807) is 24.9 Å². The highest BCUT2D eigenvalue weighted by Crippen LogP contribution is 2.17. The largest absolute Gasteiger partial charge is 0.332 e. The van der Waals surface area contributed by atoms with Crippen molar-refractivity contribution in [2.75, 3.05) is 0 Å². The number of rotatable bonds is 3. The number of benzene rings is 1. The van der Waals surface area contributed by atoms with Crippen LogP contribution in [0.2, 0.25) is 0 Å². The van der Waals surface area contributed by atoms with Crippen LogP contribution in [0.3, 0.4) is 0 Å². The highest BCUT2D eigenvalue weighted by Gasteiger charge is 2.19. The topological polar surface area (TPSA) is 70.7 Å². The molecule has 2 rings (SSSR count). The summed E-state index contributed by atoms with van der Waals surface area (Å²) in [7, 11) is 1.76. The summed E-state index contributed by atoms with van der Waals surface area (Å²) in [6.07, 6.45) is 1.65. The van der Waals surface area contributed by atoms with Crippen LogP contribution >= 0.6 is 0 Å². The first-order valence-corrected chi connectivity index (χ1v) is 6.29. The van der Waals surface area contributed by atoms with Gasteiger partial charge in [-0.25, -0.2) is 0 Å². The molecule has 0 spiro atoms. The molecule has 1 heterocycles. The summed E-state index contributed by atoms with van der Waals surface area (Å²) in [6, 6.07) is 8.99. The second-order valence-electron chi connectivity index (χ2n) is 4.69. The SMILES string of the molecule is Cc1ccccc1C(C#N)NC(=O)c1cn(C)nc1C. The molecule has 0 fully saturated rings. The van der Waals surface area contributed by atoms with Gasteiger partial charge in [-0.2, -0.15) is 10.4 Å². The Morgan fingerprint density at radius 2 is 2.10 bits per heavy atom. The lowest BCUT2D eigenvalue weighted by molar-refractivity contribution is 0.0944. The molecule has 2 aromatic rings. The van der Waals surface area contributed by atoms with E-state index in [9.17, 15) is 10.1 Å². The lowest BCUT2D eigenvalue weighted by Gasteiger charge is -2.13. The molecule has 1 amide bonds. The molecule has 0 saturated carbocycles. The monoisotopic (exact) mass is 268 g/mol. The molecule has 20 heavy (non-hydrogen) atoms. The van der Waals surface area contributed by atoms with E-state index >= 15 is 0 Å². The molecule has 1 unspecified atom stereocenters. The summed E-state index contributed by atoms with van der Waals surface area (Å²) in [4.78, 5) is 12.2. The van der Waals surface area contributed by atoms with Gasteiger partial charge in [0.25, 0.3) is 5.91 Å². The number of hydrogen-bond donors (Lipinski definition) is 1. The molecule has 0 radical (unpaired) electrons. The van der Waals surface area contributed by atoms with Crippen LogP contribution in [0, 0.1) is 25.2 Å². The van der Waals surface area contributed by atoms with Gasteiger partial charge in [-0.3, -0.25) is 9.48 Å². The third-order valence-electron chi connectivity index (χ3n) is 3.16. The molecule has 5 heteroatoms. The molecule has 0 bridgehead atoms. The molecule has 5 nitrogen and oxygen atoms in total. The summed E-state index contributed by atoms with van der Waals surface area (Å²) in [6.45, 7) is 3.69. The van der Waals surface area contributed by atoms with Gasteiger partial charge in [0.15, 0.2) is 0 Å². The van der Waals surface area contributed by atoms with Crippen molar-refractivity contribution in [1.82, 2.24) is 15.1 Å². The van der Waals surface area contributed by atoms with Crippen molar-refractivity contribution in [1.29, 1.82) is 5.26 Å². The van der Waals surface area contributed by atoms with Crippen molar-refractivity contribution < 1.29 is 4.79 Å². The third-order valence-corrected chi connectivity index (χ3v) is 3.16. The van der Waals surface area contributed by atoms with Crippen molar-refractivity contribution in [2.24, 2.45) is 7.05 Å². The number of nitriles is 1. The fourth-order valence-corrected chi connectivity index (χ4v) is 2.12. The molecule has 1 atom stereocenters. The van der Waals surface area contributed by atoms with Gasteiger partial charge in [-0.05, 0) is 25.0 Å². The number of nitrogens with one attached hydrogen (secondary N) is 1. The van der Waals surface area contributed by atoms with Gasteiger partial charge in [0, 0.05) is 13.2 Å². The van der Waals surface area contributed by atoms with Crippen molar-refractivity contribution in [2.45, 2.75) is 19.9 Å². The maximum atomic E-state index is 12.2.